The number of aromatic nitrogens is 4. The maximum absolute atomic E-state index is 11.0. The molecule has 7 heteroatoms. The van der Waals surface area contributed by atoms with Gasteiger partial charge in [-0.1, -0.05) is 0 Å². The van der Waals surface area contributed by atoms with E-state index in [9.17, 15) is 4.79 Å². The van der Waals surface area contributed by atoms with Gasteiger partial charge in [0.1, 0.15) is 5.82 Å². The summed E-state index contributed by atoms with van der Waals surface area (Å²) >= 11 is 0. The first-order valence-corrected chi connectivity index (χ1v) is 7.60. The molecule has 0 spiro atoms. The number of carbonyl (C=O) groups is 1. The predicted octanol–water partition coefficient (Wildman–Crippen LogP) is 0.311. The Bertz CT molecular complexity index is 659. The van der Waals surface area contributed by atoms with Crippen molar-refractivity contribution >= 4 is 5.91 Å². The van der Waals surface area contributed by atoms with Crippen molar-refractivity contribution in [1.82, 2.24) is 29.5 Å². The van der Waals surface area contributed by atoms with Gasteiger partial charge >= 0.3 is 0 Å². The van der Waals surface area contributed by atoms with E-state index in [2.05, 4.69) is 35.6 Å². The third-order valence-electron chi connectivity index (χ3n) is 4.02. The number of aryl methyl sites for hydroxylation is 1. The molecule has 0 fully saturated rings. The van der Waals surface area contributed by atoms with Gasteiger partial charge < -0.3 is 9.88 Å². The number of rotatable bonds is 5. The fourth-order valence-corrected chi connectivity index (χ4v) is 2.77. The van der Waals surface area contributed by atoms with Crippen molar-refractivity contribution in [3.63, 3.8) is 0 Å². The molecule has 2 aromatic rings. The van der Waals surface area contributed by atoms with Crippen molar-refractivity contribution in [2.45, 2.75) is 33.0 Å². The van der Waals surface area contributed by atoms with Crippen LogP contribution in [-0.4, -0.2) is 43.2 Å². The zero-order chi connectivity index (χ0) is 15.5. The highest BCUT2D eigenvalue weighted by Crippen LogP contribution is 2.14. The lowest BCUT2D eigenvalue weighted by Crippen LogP contribution is -2.35. The smallest absolute Gasteiger partial charge is 0.217 e. The van der Waals surface area contributed by atoms with Gasteiger partial charge in [-0.2, -0.15) is 5.10 Å². The van der Waals surface area contributed by atoms with E-state index in [0.717, 1.165) is 44.1 Å². The van der Waals surface area contributed by atoms with Crippen molar-refractivity contribution in [2.75, 3.05) is 13.1 Å². The van der Waals surface area contributed by atoms with Crippen LogP contribution in [0, 0.1) is 0 Å². The van der Waals surface area contributed by atoms with E-state index in [1.807, 2.05) is 19.4 Å². The predicted molar refractivity (Wildman–Crippen MR) is 81.9 cm³/mol. The van der Waals surface area contributed by atoms with Crippen LogP contribution < -0.4 is 5.32 Å². The number of hydrogen-bond acceptors (Lipinski definition) is 4. The van der Waals surface area contributed by atoms with E-state index in [1.54, 1.807) is 0 Å². The molecule has 3 heterocycles. The van der Waals surface area contributed by atoms with Gasteiger partial charge in [-0.25, -0.2) is 4.98 Å². The Balaban J connectivity index is 1.56. The van der Waals surface area contributed by atoms with Crippen molar-refractivity contribution in [3.8, 4) is 0 Å². The number of carbonyl (C=O) groups excluding carboxylic acids is 1. The summed E-state index contributed by atoms with van der Waals surface area (Å²) in [6.07, 6.45) is 4.78. The molecule has 0 unspecified atom stereocenters. The molecule has 0 saturated carbocycles. The second-order valence-corrected chi connectivity index (χ2v) is 5.74. The van der Waals surface area contributed by atoms with Crippen LogP contribution in [0.5, 0.6) is 0 Å². The third-order valence-corrected chi connectivity index (χ3v) is 4.02. The topological polar surface area (TPSA) is 68.0 Å². The summed E-state index contributed by atoms with van der Waals surface area (Å²) in [6.45, 7) is 5.82. The number of imidazole rings is 1. The van der Waals surface area contributed by atoms with Crippen LogP contribution in [0.1, 0.15) is 24.1 Å². The highest BCUT2D eigenvalue weighted by molar-refractivity contribution is 5.72. The summed E-state index contributed by atoms with van der Waals surface area (Å²) in [5.41, 5.74) is 2.14. The average Bonchev–Trinajstić information content (AvgIpc) is 3.08. The SMILES string of the molecule is CC(=O)NCc1cc2n(n1)CCN(CCc1nccn1C)C2. The highest BCUT2D eigenvalue weighted by atomic mass is 16.1. The van der Waals surface area contributed by atoms with Crippen molar-refractivity contribution in [3.05, 3.63) is 35.7 Å². The Morgan fingerprint density at radius 2 is 2.27 bits per heavy atom. The molecule has 0 radical (unpaired) electrons. The maximum atomic E-state index is 11.0. The van der Waals surface area contributed by atoms with Gasteiger partial charge in [-0.15, -0.1) is 0 Å². The molecule has 0 saturated heterocycles. The molecule has 1 aliphatic heterocycles. The van der Waals surface area contributed by atoms with Crippen molar-refractivity contribution < 1.29 is 4.79 Å². The molecule has 118 valence electrons. The summed E-state index contributed by atoms with van der Waals surface area (Å²) in [6, 6.07) is 2.09. The number of hydrogen-bond donors (Lipinski definition) is 1. The molecule has 22 heavy (non-hydrogen) atoms. The van der Waals surface area contributed by atoms with Gasteiger partial charge in [0.15, 0.2) is 0 Å². The van der Waals surface area contributed by atoms with Crippen LogP contribution in [0.15, 0.2) is 18.5 Å². The number of nitrogens with one attached hydrogen (secondary N) is 1. The second kappa shape index (κ2) is 6.31. The Hall–Kier alpha value is -2.15. The first-order valence-electron chi connectivity index (χ1n) is 7.60. The van der Waals surface area contributed by atoms with Gasteiger partial charge in [-0.3, -0.25) is 14.4 Å². The van der Waals surface area contributed by atoms with Crippen molar-refractivity contribution in [2.24, 2.45) is 7.05 Å². The molecule has 1 aliphatic rings. The van der Waals surface area contributed by atoms with E-state index in [4.69, 9.17) is 0 Å². The van der Waals surface area contributed by atoms with E-state index in [1.165, 1.54) is 12.6 Å². The number of fused-ring (bicyclic) bond motifs is 1. The standard InChI is InChI=1S/C15H22N6O/c1-12(22)17-10-13-9-14-11-20(7-8-21(14)18-13)5-3-15-16-4-6-19(15)2/h4,6,9H,3,5,7-8,10-11H2,1-2H3,(H,17,22). The molecule has 2 aromatic heterocycles. The zero-order valence-electron chi connectivity index (χ0n) is 13.1. The molecular formula is C15H22N6O. The monoisotopic (exact) mass is 302 g/mol. The van der Waals surface area contributed by atoms with E-state index < -0.39 is 0 Å². The fraction of sp³-hybridized carbons (Fsp3) is 0.533. The zero-order valence-corrected chi connectivity index (χ0v) is 13.1. The van der Waals surface area contributed by atoms with Gasteiger partial charge in [0.2, 0.25) is 5.91 Å². The summed E-state index contributed by atoms with van der Waals surface area (Å²) in [5, 5.41) is 7.33. The summed E-state index contributed by atoms with van der Waals surface area (Å²) in [7, 11) is 2.03. The average molecular weight is 302 g/mol. The lowest BCUT2D eigenvalue weighted by Gasteiger charge is -2.27. The molecule has 0 bridgehead atoms. The van der Waals surface area contributed by atoms with Gasteiger partial charge in [0, 0.05) is 52.4 Å². The Morgan fingerprint density at radius 3 is 3.00 bits per heavy atom. The minimum atomic E-state index is -0.0253. The van der Waals surface area contributed by atoms with Crippen LogP contribution in [0.3, 0.4) is 0 Å². The van der Waals surface area contributed by atoms with Crippen molar-refractivity contribution in [1.29, 1.82) is 0 Å². The normalized spacial score (nSPS) is 14.8. The fourth-order valence-electron chi connectivity index (χ4n) is 2.77. The van der Waals surface area contributed by atoms with E-state index in [-0.39, 0.29) is 5.91 Å². The molecule has 0 aliphatic carbocycles. The molecule has 0 aromatic carbocycles. The van der Waals surface area contributed by atoms with Crippen LogP contribution in [-0.2, 0) is 37.9 Å². The van der Waals surface area contributed by atoms with Crippen LogP contribution >= 0.6 is 0 Å². The Labute approximate surface area is 129 Å². The molecule has 7 nitrogen and oxygen atoms in total. The second-order valence-electron chi connectivity index (χ2n) is 5.74. The molecule has 3 rings (SSSR count). The molecule has 1 N–H and O–H groups in total. The van der Waals surface area contributed by atoms with E-state index >= 15 is 0 Å². The van der Waals surface area contributed by atoms with E-state index in [0.29, 0.717) is 6.54 Å². The third kappa shape index (κ3) is 3.36. The molecule has 1 amide bonds. The number of nitrogens with zero attached hydrogens (tertiary/aromatic N) is 5. The minimum Gasteiger partial charge on any atom is -0.351 e. The first kappa shape index (κ1) is 14.8. The summed E-state index contributed by atoms with van der Waals surface area (Å²) < 4.78 is 4.12. The van der Waals surface area contributed by atoms with Gasteiger partial charge in [-0.05, 0) is 6.07 Å². The minimum absolute atomic E-state index is 0.0253. The molecular weight excluding hydrogens is 280 g/mol. The largest absolute Gasteiger partial charge is 0.351 e. The highest BCUT2D eigenvalue weighted by Gasteiger charge is 2.18. The lowest BCUT2D eigenvalue weighted by molar-refractivity contribution is -0.119. The van der Waals surface area contributed by atoms with Crippen LogP contribution in [0.4, 0.5) is 0 Å². The molecule has 0 atom stereocenters. The van der Waals surface area contributed by atoms with Crippen LogP contribution in [0.25, 0.3) is 0 Å². The number of amides is 1. The summed E-state index contributed by atoms with van der Waals surface area (Å²) in [5.74, 6) is 1.09. The van der Waals surface area contributed by atoms with Gasteiger partial charge in [0.25, 0.3) is 0 Å². The van der Waals surface area contributed by atoms with Crippen LogP contribution in [0.2, 0.25) is 0 Å². The summed E-state index contributed by atoms with van der Waals surface area (Å²) in [4.78, 5) is 17.8. The Kier molecular flexibility index (Phi) is 4.24. The maximum Gasteiger partial charge on any atom is 0.217 e. The van der Waals surface area contributed by atoms with Gasteiger partial charge in [0.05, 0.1) is 24.5 Å². The quantitative estimate of drug-likeness (QED) is 0.863. The lowest BCUT2D eigenvalue weighted by atomic mass is 10.2. The first-order chi connectivity index (χ1) is 10.6. The Morgan fingerprint density at radius 1 is 1.41 bits per heavy atom.